The van der Waals surface area contributed by atoms with Crippen molar-refractivity contribution >= 4 is 23.5 Å². The lowest BCUT2D eigenvalue weighted by molar-refractivity contribution is -0.140. The van der Waals surface area contributed by atoms with E-state index in [0.717, 1.165) is 12.1 Å². The molecule has 0 radical (unpaired) electrons. The van der Waals surface area contributed by atoms with Crippen molar-refractivity contribution in [3.63, 3.8) is 0 Å². The van der Waals surface area contributed by atoms with Gasteiger partial charge in [0.25, 0.3) is 0 Å². The maximum atomic E-state index is 13.4. The molecule has 3 aromatic rings. The van der Waals surface area contributed by atoms with Crippen LogP contribution >= 0.6 is 0 Å². The molecule has 1 aromatic heterocycles. The van der Waals surface area contributed by atoms with E-state index in [9.17, 15) is 22.4 Å². The van der Waals surface area contributed by atoms with Crippen molar-refractivity contribution in [3.8, 4) is 11.5 Å². The van der Waals surface area contributed by atoms with Crippen LogP contribution in [0.3, 0.4) is 0 Å². The van der Waals surface area contributed by atoms with Crippen molar-refractivity contribution in [2.24, 2.45) is 4.99 Å². The molecule has 0 fully saturated rings. The summed E-state index contributed by atoms with van der Waals surface area (Å²) in [5, 5.41) is 5.53. The molecule has 2 N–H and O–H groups in total. The van der Waals surface area contributed by atoms with Crippen molar-refractivity contribution in [1.29, 1.82) is 0 Å². The summed E-state index contributed by atoms with van der Waals surface area (Å²) in [6.45, 7) is 2.70. The van der Waals surface area contributed by atoms with Crippen molar-refractivity contribution in [1.82, 2.24) is 10.3 Å². The molecule has 2 aromatic carbocycles. The maximum Gasteiger partial charge on any atom is 0.419 e. The highest BCUT2D eigenvalue weighted by molar-refractivity contribution is 6.02. The smallest absolute Gasteiger partial charge is 0.419 e. The molecule has 180 valence electrons. The Balaban J connectivity index is 1.42. The molecule has 10 heteroatoms. The largest absolute Gasteiger partial charge is 0.457 e. The Bertz CT molecular complexity index is 1300. The van der Waals surface area contributed by atoms with Crippen LogP contribution in [0.4, 0.5) is 23.2 Å². The standard InChI is InChI=1S/C25H20F4N4O2/c1-15-14-31-24(32-15)22-13-19(9-10-30-22)35-18-4-2-3-16(11-18)5-8-23(34)33-17-6-7-21(26)20(12-17)25(27,28)29/h2-13,15H,14H2,1H3,(H,31,32)(H,33,34)/b8-5+/t15-/m0/s1. The maximum absolute atomic E-state index is 13.4. The van der Waals surface area contributed by atoms with Crippen LogP contribution in [0.25, 0.3) is 6.08 Å². The summed E-state index contributed by atoms with van der Waals surface area (Å²) in [5.41, 5.74) is -0.338. The Kier molecular flexibility index (Phi) is 6.81. The Morgan fingerprint density at radius 3 is 2.69 bits per heavy atom. The van der Waals surface area contributed by atoms with E-state index in [1.807, 2.05) is 6.92 Å². The van der Waals surface area contributed by atoms with E-state index in [-0.39, 0.29) is 11.7 Å². The summed E-state index contributed by atoms with van der Waals surface area (Å²) in [6, 6.07) is 12.9. The summed E-state index contributed by atoms with van der Waals surface area (Å²) in [6.07, 6.45) is -0.611. The van der Waals surface area contributed by atoms with E-state index >= 15 is 0 Å². The fraction of sp³-hybridized carbons (Fsp3) is 0.160. The molecule has 1 aliphatic rings. The molecule has 0 bridgehead atoms. The molecule has 35 heavy (non-hydrogen) atoms. The molecule has 0 saturated carbocycles. The highest BCUT2D eigenvalue weighted by atomic mass is 19.4. The lowest BCUT2D eigenvalue weighted by Gasteiger charge is -2.10. The van der Waals surface area contributed by atoms with Crippen LogP contribution < -0.4 is 15.4 Å². The van der Waals surface area contributed by atoms with Gasteiger partial charge in [0.05, 0.1) is 12.1 Å². The molecule has 2 heterocycles. The molecule has 6 nitrogen and oxygen atoms in total. The minimum absolute atomic E-state index is 0.172. The zero-order valence-corrected chi connectivity index (χ0v) is 18.4. The van der Waals surface area contributed by atoms with Crippen molar-refractivity contribution < 1.29 is 27.1 Å². The average molecular weight is 484 g/mol. The highest BCUT2D eigenvalue weighted by Crippen LogP contribution is 2.33. The third-order valence-corrected chi connectivity index (χ3v) is 4.94. The number of anilines is 1. The zero-order valence-electron chi connectivity index (χ0n) is 18.4. The summed E-state index contributed by atoms with van der Waals surface area (Å²) >= 11 is 0. The van der Waals surface area contributed by atoms with E-state index in [1.165, 1.54) is 6.08 Å². The summed E-state index contributed by atoms with van der Waals surface area (Å²) in [4.78, 5) is 20.9. The van der Waals surface area contributed by atoms with E-state index in [0.29, 0.717) is 47.3 Å². The summed E-state index contributed by atoms with van der Waals surface area (Å²) in [7, 11) is 0. The number of hydrogen-bond donors (Lipinski definition) is 2. The third-order valence-electron chi connectivity index (χ3n) is 4.94. The van der Waals surface area contributed by atoms with Crippen LogP contribution in [0, 0.1) is 5.82 Å². The highest BCUT2D eigenvalue weighted by Gasteiger charge is 2.34. The number of ether oxygens (including phenoxy) is 1. The van der Waals surface area contributed by atoms with Crippen LogP contribution in [0.5, 0.6) is 11.5 Å². The van der Waals surface area contributed by atoms with E-state index in [4.69, 9.17) is 4.74 Å². The molecular formula is C25H20F4N4O2. The topological polar surface area (TPSA) is 75.6 Å². The Morgan fingerprint density at radius 2 is 1.94 bits per heavy atom. The van der Waals surface area contributed by atoms with Crippen LogP contribution in [0.1, 0.15) is 23.7 Å². The Labute approximate surface area is 198 Å². The number of amides is 1. The number of nitrogens with one attached hydrogen (secondary N) is 2. The Hall–Kier alpha value is -4.21. The molecule has 4 rings (SSSR count). The number of alkyl halides is 3. The van der Waals surface area contributed by atoms with E-state index in [2.05, 4.69) is 20.6 Å². The van der Waals surface area contributed by atoms with Gasteiger partial charge in [0.2, 0.25) is 5.91 Å². The van der Waals surface area contributed by atoms with Crippen LogP contribution in [-0.4, -0.2) is 29.3 Å². The molecule has 1 atom stereocenters. The number of nitrogens with zero attached hydrogens (tertiary/aromatic N) is 2. The van der Waals surface area contributed by atoms with Gasteiger partial charge in [-0.25, -0.2) is 4.39 Å². The molecular weight excluding hydrogens is 464 g/mol. The number of aliphatic imine (C=N–C) groups is 1. The summed E-state index contributed by atoms with van der Waals surface area (Å²) < 4.78 is 57.9. The van der Waals surface area contributed by atoms with Gasteiger partial charge in [-0.3, -0.25) is 14.8 Å². The fourth-order valence-electron chi connectivity index (χ4n) is 3.31. The summed E-state index contributed by atoms with van der Waals surface area (Å²) in [5.74, 6) is -0.322. The number of benzene rings is 2. The predicted molar refractivity (Wildman–Crippen MR) is 124 cm³/mol. The molecule has 0 unspecified atom stereocenters. The fourth-order valence-corrected chi connectivity index (χ4v) is 3.31. The molecule has 0 spiro atoms. The van der Waals surface area contributed by atoms with Crippen LogP contribution in [0.2, 0.25) is 0 Å². The van der Waals surface area contributed by atoms with Crippen LogP contribution in [-0.2, 0) is 11.0 Å². The lowest BCUT2D eigenvalue weighted by atomic mass is 10.1. The first-order chi connectivity index (χ1) is 16.7. The van der Waals surface area contributed by atoms with E-state index < -0.39 is 23.5 Å². The molecule has 0 saturated heterocycles. The Morgan fingerprint density at radius 1 is 1.14 bits per heavy atom. The average Bonchev–Trinajstić information content (AvgIpc) is 3.25. The van der Waals surface area contributed by atoms with Gasteiger partial charge < -0.3 is 15.4 Å². The van der Waals surface area contributed by atoms with Gasteiger partial charge in [-0.2, -0.15) is 13.2 Å². The third kappa shape index (κ3) is 6.23. The van der Waals surface area contributed by atoms with Gasteiger partial charge in [0, 0.05) is 30.1 Å². The molecule has 0 aliphatic carbocycles. The molecule has 1 aliphatic heterocycles. The second-order valence-corrected chi connectivity index (χ2v) is 7.80. The van der Waals surface area contributed by atoms with Gasteiger partial charge in [0.1, 0.15) is 28.8 Å². The van der Waals surface area contributed by atoms with Gasteiger partial charge >= 0.3 is 6.18 Å². The minimum Gasteiger partial charge on any atom is -0.457 e. The lowest BCUT2D eigenvalue weighted by Crippen LogP contribution is -2.28. The normalized spacial score (nSPS) is 15.6. The van der Waals surface area contributed by atoms with Gasteiger partial charge in [-0.1, -0.05) is 12.1 Å². The number of pyridine rings is 1. The van der Waals surface area contributed by atoms with Crippen molar-refractivity contribution in [2.45, 2.75) is 19.1 Å². The SMILES string of the molecule is C[C@H]1CN=C(c2cc(Oc3cccc(/C=C/C(=O)Nc4ccc(F)c(C(F)(F)F)c4)c3)ccn2)N1. The number of halogens is 4. The number of aromatic nitrogens is 1. The zero-order chi connectivity index (χ0) is 25.0. The second kappa shape index (κ2) is 9.96. The van der Waals surface area contributed by atoms with E-state index in [1.54, 1.807) is 42.6 Å². The van der Waals surface area contributed by atoms with Crippen molar-refractivity contribution in [2.75, 3.05) is 11.9 Å². The van der Waals surface area contributed by atoms with Crippen LogP contribution in [0.15, 0.2) is 71.9 Å². The number of hydrogen-bond acceptors (Lipinski definition) is 5. The first-order valence-electron chi connectivity index (χ1n) is 10.6. The predicted octanol–water partition coefficient (Wildman–Crippen LogP) is 5.42. The van der Waals surface area contributed by atoms with Gasteiger partial charge in [-0.05, 0) is 55.0 Å². The minimum atomic E-state index is -4.86. The molecule has 1 amide bonds. The quantitative estimate of drug-likeness (QED) is 0.362. The van der Waals surface area contributed by atoms with Crippen molar-refractivity contribution in [3.05, 3.63) is 89.5 Å². The monoisotopic (exact) mass is 484 g/mol. The van der Waals surface area contributed by atoms with Gasteiger partial charge in [0.15, 0.2) is 0 Å². The van der Waals surface area contributed by atoms with Gasteiger partial charge in [-0.15, -0.1) is 0 Å². The number of carbonyl (C=O) groups excluding carboxylic acids is 1. The second-order valence-electron chi connectivity index (χ2n) is 7.80. The number of amidine groups is 1. The first kappa shape index (κ1) is 23.9. The number of rotatable bonds is 6. The first-order valence-corrected chi connectivity index (χ1v) is 10.6. The number of carbonyl (C=O) groups is 1.